The van der Waals surface area contributed by atoms with Gasteiger partial charge < -0.3 is 9.84 Å². The monoisotopic (exact) mass is 235 g/mol. The number of para-hydroxylation sites is 1. The average molecular weight is 235 g/mol. The van der Waals surface area contributed by atoms with Gasteiger partial charge in [-0.1, -0.05) is 18.2 Å². The Morgan fingerprint density at radius 3 is 2.71 bits per heavy atom. The summed E-state index contributed by atoms with van der Waals surface area (Å²) in [6.07, 6.45) is -0.621. The molecule has 5 heteroatoms. The van der Waals surface area contributed by atoms with E-state index in [9.17, 15) is 14.7 Å². The van der Waals surface area contributed by atoms with Gasteiger partial charge in [0.1, 0.15) is 6.61 Å². The van der Waals surface area contributed by atoms with Crippen LogP contribution in [0.1, 0.15) is 12.5 Å². The Morgan fingerprint density at radius 1 is 1.47 bits per heavy atom. The number of rotatable bonds is 2. The summed E-state index contributed by atoms with van der Waals surface area (Å²) < 4.78 is 4.86. The smallest absolute Gasteiger partial charge is 0.415 e. The van der Waals surface area contributed by atoms with Crippen molar-refractivity contribution in [2.45, 2.75) is 19.4 Å². The third kappa shape index (κ3) is 1.63. The molecule has 1 aromatic rings. The highest BCUT2D eigenvalue weighted by Crippen LogP contribution is 2.32. The molecule has 0 aromatic heterocycles. The van der Waals surface area contributed by atoms with Crippen molar-refractivity contribution in [3.63, 3.8) is 0 Å². The van der Waals surface area contributed by atoms with E-state index in [1.807, 2.05) is 19.1 Å². The normalized spacial score (nSPS) is 23.6. The second-order valence-corrected chi connectivity index (χ2v) is 4.26. The fourth-order valence-electron chi connectivity index (χ4n) is 1.87. The molecule has 5 nitrogen and oxygen atoms in total. The number of anilines is 1. The van der Waals surface area contributed by atoms with Crippen molar-refractivity contribution < 1.29 is 19.4 Å². The number of ether oxygens (including phenoxy) is 1. The lowest BCUT2D eigenvalue weighted by molar-refractivity contribution is -0.142. The Bertz CT molecular complexity index is 485. The van der Waals surface area contributed by atoms with E-state index < -0.39 is 17.6 Å². The molecule has 1 amide bonds. The molecule has 1 unspecified atom stereocenters. The van der Waals surface area contributed by atoms with Crippen molar-refractivity contribution in [1.29, 1.82) is 0 Å². The highest BCUT2D eigenvalue weighted by Gasteiger charge is 2.51. The predicted molar refractivity (Wildman–Crippen MR) is 61.0 cm³/mol. The van der Waals surface area contributed by atoms with Gasteiger partial charge in [0.25, 0.3) is 0 Å². The summed E-state index contributed by atoms with van der Waals surface area (Å²) >= 11 is 0. The minimum absolute atomic E-state index is 0.143. The van der Waals surface area contributed by atoms with Gasteiger partial charge in [0.2, 0.25) is 0 Å². The maximum Gasteiger partial charge on any atom is 0.415 e. The number of hydrogen-bond acceptors (Lipinski definition) is 3. The first-order valence-electron chi connectivity index (χ1n) is 5.23. The first-order chi connectivity index (χ1) is 7.97. The third-order valence-electron chi connectivity index (χ3n) is 2.97. The molecule has 1 saturated heterocycles. The van der Waals surface area contributed by atoms with Crippen LogP contribution in [0.15, 0.2) is 24.3 Å². The molecule has 0 radical (unpaired) electrons. The van der Waals surface area contributed by atoms with E-state index in [4.69, 9.17) is 4.74 Å². The Labute approximate surface area is 98.6 Å². The number of carboxylic acid groups (broad SMARTS) is 1. The Kier molecular flexibility index (Phi) is 2.53. The molecular formula is C12H13NO4. The number of carbonyl (C=O) groups is 2. The zero-order valence-electron chi connectivity index (χ0n) is 9.64. The molecule has 0 aliphatic carbocycles. The van der Waals surface area contributed by atoms with E-state index in [0.29, 0.717) is 5.69 Å². The number of cyclic esters (lactones) is 1. The number of hydrogen-bond donors (Lipinski definition) is 1. The maximum absolute atomic E-state index is 11.7. The highest BCUT2D eigenvalue weighted by atomic mass is 16.6. The van der Waals surface area contributed by atoms with Crippen LogP contribution in [0.3, 0.4) is 0 Å². The summed E-state index contributed by atoms with van der Waals surface area (Å²) in [5.74, 6) is -1.08. The number of benzene rings is 1. The molecule has 1 atom stereocenters. The molecule has 90 valence electrons. The molecular weight excluding hydrogens is 222 g/mol. The standard InChI is InChI=1S/C12H13NO4/c1-8-5-3-4-6-9(8)13-11(16)17-7-12(13,2)10(14)15/h3-6H,7H2,1-2H3,(H,14,15). The largest absolute Gasteiger partial charge is 0.479 e. The number of aryl methyl sites for hydroxylation is 1. The maximum atomic E-state index is 11.7. The van der Waals surface area contributed by atoms with Gasteiger partial charge in [0, 0.05) is 0 Å². The van der Waals surface area contributed by atoms with Gasteiger partial charge in [-0.2, -0.15) is 0 Å². The summed E-state index contributed by atoms with van der Waals surface area (Å²) in [6.45, 7) is 3.16. The Morgan fingerprint density at radius 2 is 2.12 bits per heavy atom. The first kappa shape index (κ1) is 11.4. The quantitative estimate of drug-likeness (QED) is 0.848. The SMILES string of the molecule is Cc1ccccc1N1C(=O)OCC1(C)C(=O)O. The second-order valence-electron chi connectivity index (χ2n) is 4.26. The molecule has 1 aromatic carbocycles. The second kappa shape index (κ2) is 3.76. The summed E-state index contributed by atoms with van der Waals surface area (Å²) in [7, 11) is 0. The molecule has 17 heavy (non-hydrogen) atoms. The summed E-state index contributed by atoms with van der Waals surface area (Å²) in [5, 5.41) is 9.24. The zero-order valence-corrected chi connectivity index (χ0v) is 9.64. The summed E-state index contributed by atoms with van der Waals surface area (Å²) in [4.78, 5) is 24.2. The Balaban J connectivity index is 2.52. The van der Waals surface area contributed by atoms with Gasteiger partial charge in [0.05, 0.1) is 5.69 Å². The van der Waals surface area contributed by atoms with Gasteiger partial charge in [-0.3, -0.25) is 4.90 Å². The van der Waals surface area contributed by atoms with Crippen LogP contribution in [0.5, 0.6) is 0 Å². The summed E-state index contributed by atoms with van der Waals surface area (Å²) in [5.41, 5.74) is 0.0575. The molecule has 1 heterocycles. The lowest BCUT2D eigenvalue weighted by Crippen LogP contribution is -2.51. The van der Waals surface area contributed by atoms with Crippen LogP contribution in [-0.2, 0) is 9.53 Å². The van der Waals surface area contributed by atoms with Gasteiger partial charge in [-0.15, -0.1) is 0 Å². The van der Waals surface area contributed by atoms with Crippen molar-refractivity contribution in [2.24, 2.45) is 0 Å². The van der Waals surface area contributed by atoms with Crippen LogP contribution in [0.25, 0.3) is 0 Å². The van der Waals surface area contributed by atoms with Crippen molar-refractivity contribution in [3.8, 4) is 0 Å². The fourth-order valence-corrected chi connectivity index (χ4v) is 1.87. The molecule has 1 fully saturated rings. The number of nitrogens with zero attached hydrogens (tertiary/aromatic N) is 1. The number of carboxylic acids is 1. The Hall–Kier alpha value is -2.04. The molecule has 1 aliphatic heterocycles. The van der Waals surface area contributed by atoms with Crippen LogP contribution in [-0.4, -0.2) is 29.3 Å². The van der Waals surface area contributed by atoms with E-state index in [1.165, 1.54) is 11.8 Å². The van der Waals surface area contributed by atoms with E-state index in [0.717, 1.165) is 5.56 Å². The van der Waals surface area contributed by atoms with Crippen molar-refractivity contribution in [2.75, 3.05) is 11.5 Å². The molecule has 2 rings (SSSR count). The van der Waals surface area contributed by atoms with Gasteiger partial charge >= 0.3 is 12.1 Å². The van der Waals surface area contributed by atoms with Crippen molar-refractivity contribution >= 4 is 17.7 Å². The predicted octanol–water partition coefficient (Wildman–Crippen LogP) is 1.79. The first-order valence-corrected chi connectivity index (χ1v) is 5.23. The lowest BCUT2D eigenvalue weighted by Gasteiger charge is -2.28. The minimum atomic E-state index is -1.34. The van der Waals surface area contributed by atoms with Crippen molar-refractivity contribution in [3.05, 3.63) is 29.8 Å². The number of aliphatic carboxylic acids is 1. The lowest BCUT2D eigenvalue weighted by atomic mass is 10.0. The van der Waals surface area contributed by atoms with Crippen LogP contribution in [0, 0.1) is 6.92 Å². The molecule has 0 saturated carbocycles. The molecule has 1 aliphatic rings. The van der Waals surface area contributed by atoms with E-state index in [2.05, 4.69) is 0 Å². The average Bonchev–Trinajstić information content (AvgIpc) is 2.58. The van der Waals surface area contributed by atoms with E-state index >= 15 is 0 Å². The number of amides is 1. The number of carbonyl (C=O) groups excluding carboxylic acids is 1. The highest BCUT2D eigenvalue weighted by molar-refractivity contribution is 6.01. The minimum Gasteiger partial charge on any atom is -0.479 e. The zero-order chi connectivity index (χ0) is 12.6. The van der Waals surface area contributed by atoms with Crippen LogP contribution >= 0.6 is 0 Å². The molecule has 0 spiro atoms. The van der Waals surface area contributed by atoms with Crippen molar-refractivity contribution in [1.82, 2.24) is 0 Å². The van der Waals surface area contributed by atoms with Gasteiger partial charge in [0.15, 0.2) is 5.54 Å². The third-order valence-corrected chi connectivity index (χ3v) is 2.97. The van der Waals surface area contributed by atoms with Gasteiger partial charge in [-0.25, -0.2) is 9.59 Å². The van der Waals surface area contributed by atoms with E-state index in [1.54, 1.807) is 12.1 Å². The molecule has 1 N–H and O–H groups in total. The van der Waals surface area contributed by atoms with Crippen LogP contribution in [0.4, 0.5) is 10.5 Å². The van der Waals surface area contributed by atoms with Gasteiger partial charge in [-0.05, 0) is 25.5 Å². The van der Waals surface area contributed by atoms with Crippen LogP contribution in [0.2, 0.25) is 0 Å². The molecule has 0 bridgehead atoms. The van der Waals surface area contributed by atoms with Crippen LogP contribution < -0.4 is 4.90 Å². The summed E-state index contributed by atoms with van der Waals surface area (Å²) in [6, 6.07) is 7.13. The topological polar surface area (TPSA) is 66.8 Å². The van der Waals surface area contributed by atoms with E-state index in [-0.39, 0.29) is 6.61 Å². The fraction of sp³-hybridized carbons (Fsp3) is 0.333.